The van der Waals surface area contributed by atoms with Gasteiger partial charge in [0, 0.05) is 31.7 Å². The van der Waals surface area contributed by atoms with Gasteiger partial charge in [-0.05, 0) is 55.0 Å². The van der Waals surface area contributed by atoms with Crippen LogP contribution < -0.4 is 10.6 Å². The summed E-state index contributed by atoms with van der Waals surface area (Å²) in [6.45, 7) is 10.3. The van der Waals surface area contributed by atoms with Gasteiger partial charge in [-0.2, -0.15) is 5.26 Å². The Hall–Kier alpha value is -3.36. The number of nitrogens with one attached hydrogen (secondary N) is 2. The molecule has 1 aromatic carbocycles. The van der Waals surface area contributed by atoms with Crippen LogP contribution in [0.5, 0.6) is 0 Å². The molecule has 1 aliphatic rings. The smallest absolute Gasteiger partial charge is 0.272 e. The minimum Gasteiger partial charge on any atom is -0.337 e. The van der Waals surface area contributed by atoms with E-state index in [9.17, 15) is 18.4 Å². The summed E-state index contributed by atoms with van der Waals surface area (Å²) in [5, 5.41) is 15.4. The van der Waals surface area contributed by atoms with Gasteiger partial charge in [0.15, 0.2) is 0 Å². The molecule has 0 saturated carbocycles. The molecule has 2 amide bonds. The molecule has 1 fully saturated rings. The van der Waals surface area contributed by atoms with Crippen molar-refractivity contribution in [3.8, 4) is 6.07 Å². The van der Waals surface area contributed by atoms with Crippen molar-refractivity contribution in [2.45, 2.75) is 78.6 Å². The first kappa shape index (κ1) is 28.6. The predicted octanol–water partition coefficient (Wildman–Crippen LogP) is 5.72. The van der Waals surface area contributed by atoms with Crippen LogP contribution in [-0.4, -0.2) is 44.9 Å². The van der Waals surface area contributed by atoms with Gasteiger partial charge >= 0.3 is 0 Å². The Kier molecular flexibility index (Phi) is 8.67. The van der Waals surface area contributed by atoms with Gasteiger partial charge in [-0.3, -0.25) is 14.9 Å². The molecule has 8 nitrogen and oxygen atoms in total. The average molecular weight is 557 g/mol. The zero-order valence-electron chi connectivity index (χ0n) is 22.6. The first-order valence-electron chi connectivity index (χ1n) is 13.1. The average Bonchev–Trinajstić information content (AvgIpc) is 3.61. The second-order valence-electron chi connectivity index (χ2n) is 11.0. The normalized spacial score (nSPS) is 16.6. The van der Waals surface area contributed by atoms with E-state index >= 15 is 0 Å². The molecule has 208 valence electrons. The van der Waals surface area contributed by atoms with E-state index in [4.69, 9.17) is 10.2 Å². The van der Waals surface area contributed by atoms with Crippen LogP contribution in [0.15, 0.2) is 30.3 Å². The van der Waals surface area contributed by atoms with Crippen molar-refractivity contribution >= 4 is 40.1 Å². The number of hydrogen-bond donors (Lipinski definition) is 2. The first-order valence-corrected chi connectivity index (χ1v) is 13.9. The number of thiophene rings is 1. The summed E-state index contributed by atoms with van der Waals surface area (Å²) < 4.78 is 28.0. The summed E-state index contributed by atoms with van der Waals surface area (Å²) >= 11 is 0.746. The van der Waals surface area contributed by atoms with Gasteiger partial charge in [-0.1, -0.05) is 26.8 Å². The van der Waals surface area contributed by atoms with Crippen LogP contribution in [0.25, 0.3) is 11.0 Å². The van der Waals surface area contributed by atoms with Crippen molar-refractivity contribution in [1.29, 1.82) is 5.26 Å². The maximum atomic E-state index is 13.1. The van der Waals surface area contributed by atoms with Crippen LogP contribution in [0.3, 0.4) is 0 Å². The van der Waals surface area contributed by atoms with E-state index in [0.29, 0.717) is 25.2 Å². The zero-order valence-corrected chi connectivity index (χ0v) is 23.4. The van der Waals surface area contributed by atoms with Crippen molar-refractivity contribution in [1.82, 2.24) is 19.8 Å². The highest BCUT2D eigenvalue weighted by atomic mass is 32.1. The van der Waals surface area contributed by atoms with Gasteiger partial charge < -0.3 is 14.8 Å². The van der Waals surface area contributed by atoms with Crippen molar-refractivity contribution in [2.75, 3.05) is 11.9 Å². The first-order chi connectivity index (χ1) is 18.5. The van der Waals surface area contributed by atoms with E-state index in [1.54, 1.807) is 4.90 Å². The summed E-state index contributed by atoms with van der Waals surface area (Å²) in [7, 11) is 0. The highest BCUT2D eigenvalue weighted by molar-refractivity contribution is 7.14. The van der Waals surface area contributed by atoms with E-state index in [1.807, 2.05) is 28.8 Å². The van der Waals surface area contributed by atoms with Crippen molar-refractivity contribution in [3.63, 3.8) is 0 Å². The number of likely N-dealkylation sites (tertiary alicyclic amines) is 1. The molecular formula is C28H34F2N6O2S. The highest BCUT2D eigenvalue weighted by Crippen LogP contribution is 2.30. The lowest BCUT2D eigenvalue weighted by Gasteiger charge is -2.28. The second-order valence-corrected chi connectivity index (χ2v) is 12.1. The summed E-state index contributed by atoms with van der Waals surface area (Å²) in [5.74, 6) is -0.447. The third kappa shape index (κ3) is 6.62. The van der Waals surface area contributed by atoms with Crippen LogP contribution in [-0.2, 0) is 17.9 Å². The van der Waals surface area contributed by atoms with Crippen molar-refractivity contribution in [2.24, 2.45) is 5.41 Å². The quantitative estimate of drug-likeness (QED) is 0.351. The van der Waals surface area contributed by atoms with E-state index in [-0.39, 0.29) is 45.5 Å². The molecule has 3 heterocycles. The third-order valence-electron chi connectivity index (χ3n) is 7.34. The molecule has 2 aromatic heterocycles. The third-order valence-corrected chi connectivity index (χ3v) is 8.43. The highest BCUT2D eigenvalue weighted by Gasteiger charge is 2.30. The Morgan fingerprint density at radius 3 is 2.69 bits per heavy atom. The van der Waals surface area contributed by atoms with Crippen molar-refractivity contribution in [3.05, 3.63) is 45.6 Å². The fourth-order valence-corrected chi connectivity index (χ4v) is 5.39. The van der Waals surface area contributed by atoms with E-state index < -0.39 is 12.3 Å². The van der Waals surface area contributed by atoms with Crippen LogP contribution in [0.4, 0.5) is 14.7 Å². The number of hydrogen-bond acceptors (Lipinski definition) is 6. The van der Waals surface area contributed by atoms with Gasteiger partial charge in [-0.25, -0.2) is 13.8 Å². The Morgan fingerprint density at radius 2 is 2.03 bits per heavy atom. The van der Waals surface area contributed by atoms with Gasteiger partial charge in [0.2, 0.25) is 11.9 Å². The lowest BCUT2D eigenvalue weighted by Crippen LogP contribution is -2.38. The number of fused-ring (bicyclic) bond motifs is 1. The molecule has 0 aliphatic carbocycles. The topological polar surface area (TPSA) is 103 Å². The second kappa shape index (κ2) is 11.8. The Labute approximate surface area is 231 Å². The molecule has 39 heavy (non-hydrogen) atoms. The monoisotopic (exact) mass is 556 g/mol. The number of nitriles is 1. The number of carbonyl (C=O) groups is 2. The van der Waals surface area contributed by atoms with Gasteiger partial charge in [0.25, 0.3) is 12.3 Å². The summed E-state index contributed by atoms with van der Waals surface area (Å²) in [5.41, 5.74) is 2.61. The van der Waals surface area contributed by atoms with Crippen LogP contribution in [0.2, 0.25) is 0 Å². The lowest BCUT2D eigenvalue weighted by atomic mass is 9.88. The summed E-state index contributed by atoms with van der Waals surface area (Å²) in [6, 6.07) is 10.6. The summed E-state index contributed by atoms with van der Waals surface area (Å²) in [6.07, 6.45) is -1.24. The van der Waals surface area contributed by atoms with E-state index in [1.165, 1.54) is 12.1 Å². The fraction of sp³-hybridized carbons (Fsp3) is 0.500. The molecule has 0 spiro atoms. The number of benzene rings is 1. The van der Waals surface area contributed by atoms with E-state index in [2.05, 4.69) is 38.3 Å². The number of rotatable bonds is 9. The molecule has 11 heteroatoms. The lowest BCUT2D eigenvalue weighted by molar-refractivity contribution is -0.131. The Balaban J connectivity index is 1.64. The molecule has 0 radical (unpaired) electrons. The number of alkyl halides is 2. The fourth-order valence-electron chi connectivity index (χ4n) is 4.63. The number of nitrogens with zero attached hydrogens (tertiary/aromatic N) is 4. The maximum Gasteiger partial charge on any atom is 0.272 e. The molecule has 4 rings (SSSR count). The van der Waals surface area contributed by atoms with Crippen LogP contribution in [0.1, 0.15) is 73.5 Å². The van der Waals surface area contributed by atoms with Gasteiger partial charge in [0.1, 0.15) is 6.42 Å². The largest absolute Gasteiger partial charge is 0.337 e. The van der Waals surface area contributed by atoms with Gasteiger partial charge in [-0.15, -0.1) is 11.3 Å². The van der Waals surface area contributed by atoms with E-state index in [0.717, 1.165) is 35.3 Å². The molecule has 3 aromatic rings. The molecule has 2 atom stereocenters. The predicted molar refractivity (Wildman–Crippen MR) is 148 cm³/mol. The number of aromatic nitrogens is 2. The molecule has 1 saturated heterocycles. The minimum atomic E-state index is -2.64. The molecular weight excluding hydrogens is 522 g/mol. The standard InChI is InChI=1S/C28H34F2N6O2S/c1-17(28(2,3)4)32-15-18-7-8-21-20(14-18)33-27(34-26(38)23-10-9-22(39-23)25(29)30)36(21)16-19-6-5-13-35(19)24(37)11-12-31/h7-10,14,17,19,25,32H,5-6,11,13,15-16H2,1-4H3,(H,33,34,38). The summed E-state index contributed by atoms with van der Waals surface area (Å²) in [4.78, 5) is 32.0. The SMILES string of the molecule is CC(NCc1ccc2c(c1)nc(NC(=O)c1ccc(C(F)F)s1)n2CC1CCCN1C(=O)CC#N)C(C)(C)C. The molecule has 2 unspecified atom stereocenters. The number of halogens is 2. The van der Waals surface area contributed by atoms with Crippen LogP contribution >= 0.6 is 11.3 Å². The Bertz CT molecular complexity index is 1390. The number of anilines is 1. The molecule has 0 bridgehead atoms. The van der Waals surface area contributed by atoms with Crippen LogP contribution in [0, 0.1) is 16.7 Å². The minimum absolute atomic E-state index is 0.102. The zero-order chi connectivity index (χ0) is 28.3. The number of carbonyl (C=O) groups excluding carboxylic acids is 2. The molecule has 2 N–H and O–H groups in total. The number of imidazole rings is 1. The number of amides is 2. The van der Waals surface area contributed by atoms with Gasteiger partial charge in [0.05, 0.1) is 26.9 Å². The molecule has 1 aliphatic heterocycles. The van der Waals surface area contributed by atoms with Crippen molar-refractivity contribution < 1.29 is 18.4 Å². The maximum absolute atomic E-state index is 13.1. The Morgan fingerprint density at radius 1 is 1.26 bits per heavy atom.